The van der Waals surface area contributed by atoms with Crippen molar-refractivity contribution in [1.29, 1.82) is 0 Å². The van der Waals surface area contributed by atoms with Crippen LogP contribution in [0.4, 0.5) is 5.69 Å². The van der Waals surface area contributed by atoms with Gasteiger partial charge in [-0.05, 0) is 38.5 Å². The van der Waals surface area contributed by atoms with Gasteiger partial charge in [0.2, 0.25) is 5.91 Å². The summed E-state index contributed by atoms with van der Waals surface area (Å²) in [6.07, 6.45) is 1.77. The molecule has 1 aromatic carbocycles. The van der Waals surface area contributed by atoms with E-state index in [9.17, 15) is 4.79 Å². The minimum Gasteiger partial charge on any atom is -0.325 e. The van der Waals surface area contributed by atoms with Gasteiger partial charge in [0.25, 0.3) is 0 Å². The predicted octanol–water partition coefficient (Wildman–Crippen LogP) is 2.91. The summed E-state index contributed by atoms with van der Waals surface area (Å²) in [5.74, 6) is -0.0553. The van der Waals surface area contributed by atoms with Crippen LogP contribution in [0.5, 0.6) is 0 Å². The van der Waals surface area contributed by atoms with Crippen LogP contribution in [0.15, 0.2) is 35.8 Å². The molecule has 4 nitrogen and oxygen atoms in total. The average molecular weight is 289 g/mol. The van der Waals surface area contributed by atoms with Gasteiger partial charge >= 0.3 is 0 Å². The van der Waals surface area contributed by atoms with Gasteiger partial charge in [-0.3, -0.25) is 10.1 Å². The SMILES string of the molecule is Cc1cccc(NC(=O)CNC(C)(C)c2nccs2)c1. The number of rotatable bonds is 5. The molecule has 0 spiro atoms. The van der Waals surface area contributed by atoms with Crippen LogP contribution in [0, 0.1) is 6.92 Å². The predicted molar refractivity (Wildman–Crippen MR) is 83.0 cm³/mol. The summed E-state index contributed by atoms with van der Waals surface area (Å²) in [5.41, 5.74) is 1.64. The van der Waals surface area contributed by atoms with E-state index < -0.39 is 0 Å². The maximum Gasteiger partial charge on any atom is 0.238 e. The largest absolute Gasteiger partial charge is 0.325 e. The summed E-state index contributed by atoms with van der Waals surface area (Å²) in [6.45, 7) is 6.29. The second-order valence-electron chi connectivity index (χ2n) is 5.23. The van der Waals surface area contributed by atoms with Gasteiger partial charge < -0.3 is 5.32 Å². The zero-order chi connectivity index (χ0) is 14.6. The molecule has 0 atom stereocenters. The first kappa shape index (κ1) is 14.7. The lowest BCUT2D eigenvalue weighted by molar-refractivity contribution is -0.115. The first-order valence-electron chi connectivity index (χ1n) is 6.49. The Balaban J connectivity index is 1.89. The fourth-order valence-corrected chi connectivity index (χ4v) is 2.58. The van der Waals surface area contributed by atoms with E-state index in [4.69, 9.17) is 0 Å². The van der Waals surface area contributed by atoms with Crippen molar-refractivity contribution in [3.05, 3.63) is 46.4 Å². The number of hydrogen-bond acceptors (Lipinski definition) is 4. The fourth-order valence-electron chi connectivity index (χ4n) is 1.84. The summed E-state index contributed by atoms with van der Waals surface area (Å²) >= 11 is 1.58. The van der Waals surface area contributed by atoms with Crippen LogP contribution in [0.25, 0.3) is 0 Å². The Morgan fingerprint density at radius 3 is 2.85 bits per heavy atom. The Hall–Kier alpha value is -1.72. The van der Waals surface area contributed by atoms with E-state index in [1.54, 1.807) is 17.5 Å². The number of carbonyl (C=O) groups excluding carboxylic acids is 1. The Kier molecular flexibility index (Phi) is 4.52. The first-order valence-corrected chi connectivity index (χ1v) is 7.37. The van der Waals surface area contributed by atoms with E-state index in [2.05, 4.69) is 15.6 Å². The van der Waals surface area contributed by atoms with Crippen molar-refractivity contribution < 1.29 is 4.79 Å². The van der Waals surface area contributed by atoms with Gasteiger partial charge in [-0.2, -0.15) is 0 Å². The molecular formula is C15H19N3OS. The molecule has 0 aliphatic heterocycles. The van der Waals surface area contributed by atoms with Gasteiger partial charge in [-0.25, -0.2) is 4.98 Å². The van der Waals surface area contributed by atoms with Crippen LogP contribution in [-0.2, 0) is 10.3 Å². The second-order valence-corrected chi connectivity index (χ2v) is 6.13. The quantitative estimate of drug-likeness (QED) is 0.890. The number of anilines is 1. The molecule has 0 unspecified atom stereocenters. The lowest BCUT2D eigenvalue weighted by Crippen LogP contribution is -2.41. The highest BCUT2D eigenvalue weighted by atomic mass is 32.1. The molecule has 0 aliphatic rings. The number of benzene rings is 1. The van der Waals surface area contributed by atoms with Crippen LogP contribution in [0.1, 0.15) is 24.4 Å². The Morgan fingerprint density at radius 2 is 2.20 bits per heavy atom. The minimum absolute atomic E-state index is 0.0553. The van der Waals surface area contributed by atoms with E-state index in [0.29, 0.717) is 0 Å². The molecule has 0 fully saturated rings. The summed E-state index contributed by atoms with van der Waals surface area (Å²) in [6, 6.07) is 7.76. The van der Waals surface area contributed by atoms with Crippen molar-refractivity contribution in [2.45, 2.75) is 26.3 Å². The van der Waals surface area contributed by atoms with Crippen molar-refractivity contribution in [2.24, 2.45) is 0 Å². The van der Waals surface area contributed by atoms with E-state index in [-0.39, 0.29) is 18.0 Å². The van der Waals surface area contributed by atoms with Crippen LogP contribution in [0.3, 0.4) is 0 Å². The molecule has 20 heavy (non-hydrogen) atoms. The van der Waals surface area contributed by atoms with Crippen LogP contribution < -0.4 is 10.6 Å². The molecule has 1 amide bonds. The zero-order valence-electron chi connectivity index (χ0n) is 11.9. The van der Waals surface area contributed by atoms with Crippen LogP contribution >= 0.6 is 11.3 Å². The van der Waals surface area contributed by atoms with Gasteiger partial charge in [-0.15, -0.1) is 11.3 Å². The molecule has 2 aromatic rings. The number of aromatic nitrogens is 1. The van der Waals surface area contributed by atoms with Crippen molar-refractivity contribution in [3.8, 4) is 0 Å². The van der Waals surface area contributed by atoms with Crippen molar-refractivity contribution in [1.82, 2.24) is 10.3 Å². The topological polar surface area (TPSA) is 54.0 Å². The fraction of sp³-hybridized carbons (Fsp3) is 0.333. The Morgan fingerprint density at radius 1 is 1.40 bits per heavy atom. The summed E-state index contributed by atoms with van der Waals surface area (Å²) in [7, 11) is 0. The number of aryl methyl sites for hydroxylation is 1. The third-order valence-electron chi connectivity index (χ3n) is 2.96. The van der Waals surface area contributed by atoms with Gasteiger partial charge in [-0.1, -0.05) is 12.1 Å². The van der Waals surface area contributed by atoms with E-state index >= 15 is 0 Å². The molecule has 0 saturated carbocycles. The third-order valence-corrected chi connectivity index (χ3v) is 4.06. The molecule has 5 heteroatoms. The van der Waals surface area contributed by atoms with Crippen molar-refractivity contribution >= 4 is 22.9 Å². The van der Waals surface area contributed by atoms with Gasteiger partial charge in [0.15, 0.2) is 0 Å². The molecule has 0 aliphatic carbocycles. The number of hydrogen-bond donors (Lipinski definition) is 2. The smallest absolute Gasteiger partial charge is 0.238 e. The molecule has 106 valence electrons. The van der Waals surface area contributed by atoms with E-state index in [1.807, 2.05) is 50.4 Å². The second kappa shape index (κ2) is 6.15. The molecule has 2 N–H and O–H groups in total. The standard InChI is InChI=1S/C15H19N3OS/c1-11-5-4-6-12(9-11)18-13(19)10-17-15(2,3)14-16-7-8-20-14/h4-9,17H,10H2,1-3H3,(H,18,19). The Bertz CT molecular complexity index is 579. The zero-order valence-corrected chi connectivity index (χ0v) is 12.8. The Labute approximate surface area is 123 Å². The van der Waals surface area contributed by atoms with Crippen molar-refractivity contribution in [2.75, 3.05) is 11.9 Å². The summed E-state index contributed by atoms with van der Waals surface area (Å²) in [4.78, 5) is 16.2. The maximum absolute atomic E-state index is 11.9. The molecule has 1 heterocycles. The van der Waals surface area contributed by atoms with Crippen LogP contribution in [0.2, 0.25) is 0 Å². The van der Waals surface area contributed by atoms with Crippen LogP contribution in [-0.4, -0.2) is 17.4 Å². The maximum atomic E-state index is 11.9. The highest BCUT2D eigenvalue weighted by Crippen LogP contribution is 2.21. The lowest BCUT2D eigenvalue weighted by atomic mass is 10.1. The summed E-state index contributed by atoms with van der Waals surface area (Å²) < 4.78 is 0. The molecule has 0 bridgehead atoms. The number of nitrogens with one attached hydrogen (secondary N) is 2. The summed E-state index contributed by atoms with van der Waals surface area (Å²) in [5, 5.41) is 9.02. The number of thiazole rings is 1. The number of nitrogens with zero attached hydrogens (tertiary/aromatic N) is 1. The van der Waals surface area contributed by atoms with Gasteiger partial charge in [0.05, 0.1) is 12.1 Å². The number of carbonyl (C=O) groups is 1. The normalized spacial score (nSPS) is 11.3. The van der Waals surface area contributed by atoms with E-state index in [1.165, 1.54) is 0 Å². The third kappa shape index (κ3) is 3.88. The highest BCUT2D eigenvalue weighted by molar-refractivity contribution is 7.09. The van der Waals surface area contributed by atoms with E-state index in [0.717, 1.165) is 16.3 Å². The monoisotopic (exact) mass is 289 g/mol. The highest BCUT2D eigenvalue weighted by Gasteiger charge is 2.23. The molecular weight excluding hydrogens is 270 g/mol. The average Bonchev–Trinajstić information content (AvgIpc) is 2.91. The molecule has 0 saturated heterocycles. The van der Waals surface area contributed by atoms with Gasteiger partial charge in [0.1, 0.15) is 5.01 Å². The van der Waals surface area contributed by atoms with Gasteiger partial charge in [0, 0.05) is 17.3 Å². The lowest BCUT2D eigenvalue weighted by Gasteiger charge is -2.23. The molecule has 0 radical (unpaired) electrons. The van der Waals surface area contributed by atoms with Crippen molar-refractivity contribution in [3.63, 3.8) is 0 Å². The first-order chi connectivity index (χ1) is 9.47. The number of amides is 1. The minimum atomic E-state index is -0.307. The molecule has 2 rings (SSSR count). The molecule has 1 aromatic heterocycles.